The molecule has 0 aromatic carbocycles. The maximum absolute atomic E-state index is 4.29. The van der Waals surface area contributed by atoms with Crippen LogP contribution >= 0.6 is 11.3 Å². The summed E-state index contributed by atoms with van der Waals surface area (Å²) >= 11 is 1.60. The third-order valence-electron chi connectivity index (χ3n) is 2.47. The second-order valence-electron chi connectivity index (χ2n) is 5.15. The number of hydrogen-bond acceptors (Lipinski definition) is 5. The third kappa shape index (κ3) is 3.14. The lowest BCUT2D eigenvalue weighted by molar-refractivity contribution is 0.423. The molecular weight excluding hydrogens is 246 g/mol. The van der Waals surface area contributed by atoms with E-state index in [1.54, 1.807) is 17.5 Å². The Bertz CT molecular complexity index is 509. The first-order valence-corrected chi connectivity index (χ1v) is 6.91. The Kier molecular flexibility index (Phi) is 3.77. The summed E-state index contributed by atoms with van der Waals surface area (Å²) in [6.45, 7) is 9.25. The fourth-order valence-corrected chi connectivity index (χ4v) is 2.31. The van der Waals surface area contributed by atoms with Crippen LogP contribution in [0.4, 0.5) is 0 Å². The number of imidazole rings is 1. The molecule has 0 unspecified atom stereocenters. The maximum Gasteiger partial charge on any atom is 0.217 e. The van der Waals surface area contributed by atoms with Gasteiger partial charge in [0.1, 0.15) is 10.8 Å². The highest BCUT2D eigenvalue weighted by atomic mass is 32.1. The molecule has 0 saturated heterocycles. The van der Waals surface area contributed by atoms with E-state index in [2.05, 4.69) is 48.2 Å². The van der Waals surface area contributed by atoms with Crippen LogP contribution in [0.15, 0.2) is 12.4 Å². The number of nitrogens with zero attached hydrogens (tertiary/aromatic N) is 4. The van der Waals surface area contributed by atoms with Crippen LogP contribution in [-0.2, 0) is 13.0 Å². The van der Waals surface area contributed by atoms with Gasteiger partial charge in [0.15, 0.2) is 0 Å². The summed E-state index contributed by atoms with van der Waals surface area (Å²) in [7, 11) is 0. The topological polar surface area (TPSA) is 55.6 Å². The summed E-state index contributed by atoms with van der Waals surface area (Å²) in [5, 5.41) is 13.7. The fourth-order valence-electron chi connectivity index (χ4n) is 1.52. The van der Waals surface area contributed by atoms with Crippen molar-refractivity contribution in [3.8, 4) is 5.13 Å². The number of hydrogen-bond donors (Lipinski definition) is 1. The number of rotatable bonds is 4. The van der Waals surface area contributed by atoms with Gasteiger partial charge in [-0.2, -0.15) is 0 Å². The largest absolute Gasteiger partial charge is 0.306 e. The highest BCUT2D eigenvalue weighted by molar-refractivity contribution is 7.13. The second-order valence-corrected chi connectivity index (χ2v) is 6.19. The first-order chi connectivity index (χ1) is 8.49. The quantitative estimate of drug-likeness (QED) is 0.920. The summed E-state index contributed by atoms with van der Waals surface area (Å²) < 4.78 is 2.00. The zero-order valence-electron chi connectivity index (χ0n) is 11.3. The number of aryl methyl sites for hydroxylation is 1. The lowest BCUT2D eigenvalue weighted by atomic mass is 10.1. The van der Waals surface area contributed by atoms with Crippen molar-refractivity contribution < 1.29 is 0 Å². The van der Waals surface area contributed by atoms with Crippen molar-refractivity contribution in [2.75, 3.05) is 0 Å². The van der Waals surface area contributed by atoms with E-state index in [9.17, 15) is 0 Å². The average Bonchev–Trinajstić information content (AvgIpc) is 2.93. The predicted molar refractivity (Wildman–Crippen MR) is 73.0 cm³/mol. The summed E-state index contributed by atoms with van der Waals surface area (Å²) in [5.41, 5.74) is 0.0927. The number of nitrogens with one attached hydrogen (secondary N) is 1. The zero-order valence-corrected chi connectivity index (χ0v) is 12.1. The second kappa shape index (κ2) is 5.16. The summed E-state index contributed by atoms with van der Waals surface area (Å²) in [4.78, 5) is 4.29. The molecule has 98 valence electrons. The molecule has 1 N–H and O–H groups in total. The van der Waals surface area contributed by atoms with E-state index in [4.69, 9.17) is 0 Å². The Morgan fingerprint density at radius 1 is 1.33 bits per heavy atom. The highest BCUT2D eigenvalue weighted by Crippen LogP contribution is 2.17. The van der Waals surface area contributed by atoms with Gasteiger partial charge >= 0.3 is 0 Å². The van der Waals surface area contributed by atoms with Gasteiger partial charge in [0.2, 0.25) is 5.13 Å². The van der Waals surface area contributed by atoms with E-state index in [0.717, 1.165) is 28.9 Å². The molecule has 6 heteroatoms. The van der Waals surface area contributed by atoms with Crippen molar-refractivity contribution in [1.29, 1.82) is 0 Å². The molecule has 0 fully saturated rings. The van der Waals surface area contributed by atoms with E-state index in [-0.39, 0.29) is 5.54 Å². The Morgan fingerprint density at radius 3 is 2.78 bits per heavy atom. The van der Waals surface area contributed by atoms with Crippen molar-refractivity contribution in [3.63, 3.8) is 0 Å². The molecule has 2 rings (SSSR count). The molecule has 2 aromatic rings. The molecule has 0 aliphatic rings. The molecule has 0 bridgehead atoms. The van der Waals surface area contributed by atoms with Gasteiger partial charge in [0.05, 0.1) is 6.54 Å². The van der Waals surface area contributed by atoms with Gasteiger partial charge in [-0.05, 0) is 20.8 Å². The lowest BCUT2D eigenvalue weighted by Crippen LogP contribution is -2.35. The molecule has 0 atom stereocenters. The van der Waals surface area contributed by atoms with Crippen molar-refractivity contribution in [2.24, 2.45) is 0 Å². The monoisotopic (exact) mass is 265 g/mol. The Balaban J connectivity index is 2.11. The fraction of sp³-hybridized carbons (Fsp3) is 0.583. The molecule has 18 heavy (non-hydrogen) atoms. The van der Waals surface area contributed by atoms with Gasteiger partial charge in [-0.25, -0.2) is 4.98 Å². The first kappa shape index (κ1) is 13.2. The van der Waals surface area contributed by atoms with E-state index >= 15 is 0 Å². The van der Waals surface area contributed by atoms with Gasteiger partial charge < -0.3 is 5.32 Å². The Morgan fingerprint density at radius 2 is 2.11 bits per heavy atom. The maximum atomic E-state index is 4.29. The van der Waals surface area contributed by atoms with Crippen LogP contribution in [0.25, 0.3) is 5.13 Å². The molecule has 0 spiro atoms. The van der Waals surface area contributed by atoms with Crippen molar-refractivity contribution in [1.82, 2.24) is 25.1 Å². The van der Waals surface area contributed by atoms with Crippen molar-refractivity contribution >= 4 is 11.3 Å². The smallest absolute Gasteiger partial charge is 0.217 e. The van der Waals surface area contributed by atoms with Crippen LogP contribution in [0.1, 0.15) is 38.5 Å². The van der Waals surface area contributed by atoms with E-state index < -0.39 is 0 Å². The minimum Gasteiger partial charge on any atom is -0.306 e. The molecule has 5 nitrogen and oxygen atoms in total. The van der Waals surface area contributed by atoms with Crippen LogP contribution in [-0.4, -0.2) is 25.3 Å². The van der Waals surface area contributed by atoms with Crippen molar-refractivity contribution in [3.05, 3.63) is 23.2 Å². The van der Waals surface area contributed by atoms with E-state index in [1.807, 2.05) is 10.8 Å². The van der Waals surface area contributed by atoms with Gasteiger partial charge in [-0.1, -0.05) is 18.3 Å². The number of aromatic nitrogens is 4. The Labute approximate surface area is 111 Å². The zero-order chi connectivity index (χ0) is 13.2. The third-order valence-corrected chi connectivity index (χ3v) is 3.39. The predicted octanol–water partition coefficient (Wildman–Crippen LogP) is 2.17. The lowest BCUT2D eigenvalue weighted by Gasteiger charge is -2.19. The van der Waals surface area contributed by atoms with Gasteiger partial charge in [-0.3, -0.25) is 4.57 Å². The van der Waals surface area contributed by atoms with Crippen molar-refractivity contribution in [2.45, 2.75) is 46.2 Å². The van der Waals surface area contributed by atoms with Crippen LogP contribution in [0.5, 0.6) is 0 Å². The van der Waals surface area contributed by atoms with Crippen LogP contribution in [0.2, 0.25) is 0 Å². The van der Waals surface area contributed by atoms with E-state index in [1.165, 1.54) is 0 Å². The van der Waals surface area contributed by atoms with Crippen LogP contribution < -0.4 is 5.32 Å². The molecular formula is C12H19N5S. The molecule has 0 saturated carbocycles. The van der Waals surface area contributed by atoms with Gasteiger partial charge in [-0.15, -0.1) is 10.2 Å². The molecule has 2 heterocycles. The molecule has 0 amide bonds. The standard InChI is InChI=1S/C12H19N5S/c1-5-9-13-6-7-17(9)11-16-15-10(18-11)8-14-12(2,3)4/h6-7,14H,5,8H2,1-4H3. The molecule has 0 aliphatic heterocycles. The summed E-state index contributed by atoms with van der Waals surface area (Å²) in [5.74, 6) is 1.02. The SMILES string of the molecule is CCc1nccn1-c1nnc(CNC(C)(C)C)s1. The Hall–Kier alpha value is -1.27. The van der Waals surface area contributed by atoms with Gasteiger partial charge in [0.25, 0.3) is 0 Å². The summed E-state index contributed by atoms with van der Waals surface area (Å²) in [6, 6.07) is 0. The van der Waals surface area contributed by atoms with Gasteiger partial charge in [0, 0.05) is 24.4 Å². The minimum atomic E-state index is 0.0927. The molecule has 0 radical (unpaired) electrons. The molecule has 0 aliphatic carbocycles. The van der Waals surface area contributed by atoms with Crippen LogP contribution in [0, 0.1) is 0 Å². The van der Waals surface area contributed by atoms with E-state index in [0.29, 0.717) is 0 Å². The highest BCUT2D eigenvalue weighted by Gasteiger charge is 2.12. The average molecular weight is 265 g/mol. The van der Waals surface area contributed by atoms with Crippen LogP contribution in [0.3, 0.4) is 0 Å². The first-order valence-electron chi connectivity index (χ1n) is 6.09. The normalized spacial score (nSPS) is 12.0. The molecule has 2 aromatic heterocycles. The minimum absolute atomic E-state index is 0.0927. The summed E-state index contributed by atoms with van der Waals surface area (Å²) in [6.07, 6.45) is 4.62.